The number of Topliss-reactive ketones (excluding diaryl/α,β-unsaturated/α-hetero) is 1. The molecule has 0 aliphatic carbocycles. The maximum Gasteiger partial charge on any atom is 0.242 e. The number of aromatic nitrogens is 1. The zero-order valence-corrected chi connectivity index (χ0v) is 21.8. The number of thiophene rings is 1. The first kappa shape index (κ1) is 25.3. The van der Waals surface area contributed by atoms with Crippen molar-refractivity contribution in [2.24, 2.45) is 0 Å². The van der Waals surface area contributed by atoms with Crippen LogP contribution >= 0.6 is 34.7 Å². The van der Waals surface area contributed by atoms with Crippen LogP contribution in [0.1, 0.15) is 17.7 Å². The molecule has 1 aliphatic rings. The molecule has 2 atom stereocenters. The minimum atomic E-state index is -1.18. The molecular formula is C27H20ClFN2O4S2. The molecule has 4 aromatic rings. The Morgan fingerprint density at radius 1 is 1.11 bits per heavy atom. The summed E-state index contributed by atoms with van der Waals surface area (Å²) in [5, 5.41) is 6.37. The first-order chi connectivity index (χ1) is 17.9. The maximum absolute atomic E-state index is 13.6. The predicted molar refractivity (Wildman–Crippen MR) is 141 cm³/mol. The Labute approximate surface area is 225 Å². The quantitative estimate of drug-likeness (QED) is 0.273. The lowest BCUT2D eigenvalue weighted by Gasteiger charge is -2.39. The van der Waals surface area contributed by atoms with Crippen molar-refractivity contribution >= 4 is 46.4 Å². The number of nitrogens with one attached hydrogen (secondary N) is 1. The van der Waals surface area contributed by atoms with Gasteiger partial charge in [-0.2, -0.15) is 11.3 Å². The number of ketones is 1. The molecule has 10 heteroatoms. The first-order valence-corrected chi connectivity index (χ1v) is 13.4. The number of nitrogens with zero attached hydrogens (tertiary/aromatic N) is 1. The van der Waals surface area contributed by atoms with Gasteiger partial charge in [-0.15, -0.1) is 11.8 Å². The number of carbonyl (C=O) groups is 2. The topological polar surface area (TPSA) is 77.5 Å². The van der Waals surface area contributed by atoms with E-state index >= 15 is 0 Å². The fraction of sp³-hybridized carbons (Fsp3) is 0.148. The monoisotopic (exact) mass is 554 g/mol. The van der Waals surface area contributed by atoms with E-state index < -0.39 is 22.5 Å². The van der Waals surface area contributed by atoms with Gasteiger partial charge in [0.1, 0.15) is 16.6 Å². The standard InChI is InChI=1S/C27H20ClFN2O4S2/c1-34-21-13-17(29)9-10-20(21)35-24-8-4-7-23(30-24)27(16-11-12-36-15-16)14-19(32)25(26(33)31-27)37-22-6-3-2-5-18(22)28/h2-13,15,25H,14H2,1H3,(H,31,33). The van der Waals surface area contributed by atoms with Crippen LogP contribution in [0, 0.1) is 5.82 Å². The van der Waals surface area contributed by atoms with Crippen molar-refractivity contribution < 1.29 is 23.5 Å². The fourth-order valence-corrected chi connectivity index (χ4v) is 6.11. The molecule has 0 radical (unpaired) electrons. The Morgan fingerprint density at radius 2 is 1.95 bits per heavy atom. The van der Waals surface area contributed by atoms with Crippen LogP contribution in [0.2, 0.25) is 5.02 Å². The molecule has 1 saturated heterocycles. The van der Waals surface area contributed by atoms with E-state index in [1.165, 1.54) is 36.6 Å². The number of carbonyl (C=O) groups excluding carboxylic acids is 2. The van der Waals surface area contributed by atoms with Gasteiger partial charge in [-0.05, 0) is 52.7 Å². The zero-order valence-electron chi connectivity index (χ0n) is 19.4. The predicted octanol–water partition coefficient (Wildman–Crippen LogP) is 6.23. The summed E-state index contributed by atoms with van der Waals surface area (Å²) >= 11 is 8.85. The van der Waals surface area contributed by atoms with Gasteiger partial charge in [-0.3, -0.25) is 9.59 Å². The number of halogens is 2. The van der Waals surface area contributed by atoms with Gasteiger partial charge in [0.15, 0.2) is 17.3 Å². The van der Waals surface area contributed by atoms with Crippen LogP contribution in [0.3, 0.4) is 0 Å². The molecule has 0 saturated carbocycles. The van der Waals surface area contributed by atoms with Gasteiger partial charge < -0.3 is 14.8 Å². The van der Waals surface area contributed by atoms with Gasteiger partial charge in [-0.1, -0.05) is 29.8 Å². The van der Waals surface area contributed by atoms with Crippen LogP contribution < -0.4 is 14.8 Å². The largest absolute Gasteiger partial charge is 0.493 e. The van der Waals surface area contributed by atoms with E-state index in [-0.39, 0.29) is 29.6 Å². The summed E-state index contributed by atoms with van der Waals surface area (Å²) in [5.74, 6) is -0.450. The van der Waals surface area contributed by atoms with E-state index in [1.807, 2.05) is 16.8 Å². The molecule has 1 N–H and O–H groups in total. The summed E-state index contributed by atoms with van der Waals surface area (Å²) in [6, 6.07) is 18.0. The maximum atomic E-state index is 13.6. The highest BCUT2D eigenvalue weighted by Crippen LogP contribution is 2.41. The third-order valence-electron chi connectivity index (χ3n) is 5.90. The van der Waals surface area contributed by atoms with Crippen molar-refractivity contribution in [3.05, 3.63) is 99.6 Å². The summed E-state index contributed by atoms with van der Waals surface area (Å²) in [4.78, 5) is 32.2. The minimum Gasteiger partial charge on any atom is -0.493 e. The smallest absolute Gasteiger partial charge is 0.242 e. The second-order valence-electron chi connectivity index (χ2n) is 8.24. The molecule has 1 fully saturated rings. The highest BCUT2D eigenvalue weighted by atomic mass is 35.5. The number of hydrogen-bond donors (Lipinski definition) is 1. The molecule has 5 rings (SSSR count). The highest BCUT2D eigenvalue weighted by molar-refractivity contribution is 8.01. The van der Waals surface area contributed by atoms with Crippen molar-refractivity contribution in [3.8, 4) is 17.4 Å². The molecule has 2 unspecified atom stereocenters. The van der Waals surface area contributed by atoms with Crippen molar-refractivity contribution in [1.82, 2.24) is 10.3 Å². The van der Waals surface area contributed by atoms with Gasteiger partial charge in [0.2, 0.25) is 11.8 Å². The van der Waals surface area contributed by atoms with E-state index in [0.29, 0.717) is 15.6 Å². The van der Waals surface area contributed by atoms with Crippen molar-refractivity contribution in [2.45, 2.75) is 22.1 Å². The number of rotatable bonds is 7. The number of ether oxygens (including phenoxy) is 2. The molecule has 3 heterocycles. The van der Waals surface area contributed by atoms with E-state index in [9.17, 15) is 14.0 Å². The number of thioether (sulfide) groups is 1. The van der Waals surface area contributed by atoms with Gasteiger partial charge in [-0.25, -0.2) is 9.37 Å². The van der Waals surface area contributed by atoms with Crippen molar-refractivity contribution in [2.75, 3.05) is 7.11 Å². The van der Waals surface area contributed by atoms with E-state index in [2.05, 4.69) is 10.3 Å². The summed E-state index contributed by atoms with van der Waals surface area (Å²) in [6.45, 7) is 0. The Hall–Kier alpha value is -3.40. The van der Waals surface area contributed by atoms with E-state index in [4.69, 9.17) is 21.1 Å². The zero-order chi connectivity index (χ0) is 26.0. The lowest BCUT2D eigenvalue weighted by atomic mass is 9.79. The third kappa shape index (κ3) is 5.07. The Bertz CT molecular complexity index is 1450. The highest BCUT2D eigenvalue weighted by Gasteiger charge is 2.48. The fourth-order valence-electron chi connectivity index (χ4n) is 4.14. The summed E-state index contributed by atoms with van der Waals surface area (Å²) in [6.07, 6.45) is -0.00604. The molecule has 2 aromatic carbocycles. The normalized spacial score (nSPS) is 19.4. The molecule has 188 valence electrons. The second-order valence-corrected chi connectivity index (χ2v) is 10.6. The number of hydrogen-bond acceptors (Lipinski definition) is 7. The summed E-state index contributed by atoms with van der Waals surface area (Å²) in [5.41, 5.74) is -0.00501. The molecule has 2 aromatic heterocycles. The summed E-state index contributed by atoms with van der Waals surface area (Å²) < 4.78 is 24.7. The molecular weight excluding hydrogens is 535 g/mol. The van der Waals surface area contributed by atoms with Crippen LogP contribution in [0.5, 0.6) is 17.4 Å². The first-order valence-electron chi connectivity index (χ1n) is 11.2. The third-order valence-corrected chi connectivity index (χ3v) is 8.35. The molecule has 6 nitrogen and oxygen atoms in total. The molecule has 1 amide bonds. The van der Waals surface area contributed by atoms with Crippen LogP contribution in [0.4, 0.5) is 4.39 Å². The van der Waals surface area contributed by atoms with Gasteiger partial charge in [0, 0.05) is 23.4 Å². The average Bonchev–Trinajstić information content (AvgIpc) is 3.44. The minimum absolute atomic E-state index is 0.00604. The summed E-state index contributed by atoms with van der Waals surface area (Å²) in [7, 11) is 1.41. The number of piperidine rings is 1. The van der Waals surface area contributed by atoms with Gasteiger partial charge in [0.25, 0.3) is 0 Å². The average molecular weight is 555 g/mol. The SMILES string of the molecule is COc1cc(F)ccc1Oc1cccc(C2(c3ccsc3)CC(=O)C(Sc3ccccc3Cl)C(=O)N2)n1. The van der Waals surface area contributed by atoms with Crippen LogP contribution in [-0.2, 0) is 15.1 Å². The molecule has 0 spiro atoms. The van der Waals surface area contributed by atoms with Gasteiger partial charge >= 0.3 is 0 Å². The number of pyridine rings is 1. The van der Waals surface area contributed by atoms with E-state index in [0.717, 1.165) is 17.3 Å². The molecule has 0 bridgehead atoms. The number of methoxy groups -OCH3 is 1. The number of benzene rings is 2. The Morgan fingerprint density at radius 3 is 2.68 bits per heavy atom. The van der Waals surface area contributed by atoms with Gasteiger partial charge in [0.05, 0.1) is 17.8 Å². The van der Waals surface area contributed by atoms with Crippen LogP contribution in [0.15, 0.2) is 82.4 Å². The van der Waals surface area contributed by atoms with Crippen LogP contribution in [0.25, 0.3) is 0 Å². The Balaban J connectivity index is 1.49. The van der Waals surface area contributed by atoms with E-state index in [1.54, 1.807) is 42.5 Å². The molecule has 1 aliphatic heterocycles. The lowest BCUT2D eigenvalue weighted by molar-refractivity contribution is -0.133. The second kappa shape index (κ2) is 10.5. The number of amides is 1. The van der Waals surface area contributed by atoms with Crippen LogP contribution in [-0.4, -0.2) is 29.0 Å². The van der Waals surface area contributed by atoms with Crippen molar-refractivity contribution in [3.63, 3.8) is 0 Å². The lowest BCUT2D eigenvalue weighted by Crippen LogP contribution is -2.58. The van der Waals surface area contributed by atoms with Crippen molar-refractivity contribution in [1.29, 1.82) is 0 Å². The molecule has 37 heavy (non-hydrogen) atoms. The Kier molecular flexibility index (Phi) is 7.19.